The van der Waals surface area contributed by atoms with Crippen LogP contribution in [0.25, 0.3) is 115 Å². The Hall–Kier alpha value is -7.04. The molecule has 12 aromatic rings. The van der Waals surface area contributed by atoms with Crippen molar-refractivity contribution in [2.24, 2.45) is 0 Å². The average Bonchev–Trinajstić information content (AvgIpc) is 3.74. The van der Waals surface area contributed by atoms with Crippen LogP contribution in [0.3, 0.4) is 0 Å². The Kier molecular flexibility index (Phi) is 5.47. The van der Waals surface area contributed by atoms with E-state index in [1.54, 1.807) is 0 Å². The summed E-state index contributed by atoms with van der Waals surface area (Å²) in [5.74, 6) is 0. The van der Waals surface area contributed by atoms with Crippen LogP contribution in [0.1, 0.15) is 0 Å². The van der Waals surface area contributed by atoms with Gasteiger partial charge in [0.25, 0.3) is 0 Å². The smallest absolute Gasteiger partial charge is 0.246 e. The summed E-state index contributed by atoms with van der Waals surface area (Å²) in [5, 5.41) is 13.5. The van der Waals surface area contributed by atoms with Gasteiger partial charge in [0, 0.05) is 38.4 Å². The van der Waals surface area contributed by atoms with Crippen molar-refractivity contribution >= 4 is 87.1 Å². The molecule has 0 amide bonds. The van der Waals surface area contributed by atoms with Crippen LogP contribution in [0.15, 0.2) is 168 Å². The van der Waals surface area contributed by atoms with Gasteiger partial charge in [-0.3, -0.25) is 0 Å². The number of hydrogen-bond donors (Lipinski definition) is 0. The molecule has 0 N–H and O–H groups in total. The van der Waals surface area contributed by atoms with E-state index in [1.165, 1.54) is 54.1 Å². The number of fused-ring (bicyclic) bond motifs is 9. The minimum absolute atomic E-state index is 0.538. The Morgan fingerprint density at radius 2 is 1.10 bits per heavy atom. The lowest BCUT2D eigenvalue weighted by molar-refractivity contribution is 0.653. The van der Waals surface area contributed by atoms with E-state index in [2.05, 4.69) is 150 Å². The van der Waals surface area contributed by atoms with Gasteiger partial charge in [-0.25, -0.2) is 9.97 Å². The Bertz CT molecular complexity index is 3410. The number of rotatable bonds is 3. The van der Waals surface area contributed by atoms with Gasteiger partial charge in [0.15, 0.2) is 0 Å². The summed E-state index contributed by atoms with van der Waals surface area (Å²) >= 11 is 0. The summed E-state index contributed by atoms with van der Waals surface area (Å²) in [6, 6.07) is 58.4. The first-order valence-electron chi connectivity index (χ1n) is 17.7. The third-order valence-corrected chi connectivity index (χ3v) is 10.9. The van der Waals surface area contributed by atoms with E-state index >= 15 is 0 Å². The molecule has 9 aromatic carbocycles. The fraction of sp³-hybridized carbons (Fsp3) is 0. The van der Waals surface area contributed by atoms with Gasteiger partial charge < -0.3 is 8.98 Å². The lowest BCUT2D eigenvalue weighted by atomic mass is 9.91. The van der Waals surface area contributed by atoms with Gasteiger partial charge in [-0.05, 0) is 74.1 Å². The maximum atomic E-state index is 6.31. The fourth-order valence-corrected chi connectivity index (χ4v) is 8.73. The molecule has 4 heteroatoms. The van der Waals surface area contributed by atoms with Crippen LogP contribution < -0.4 is 0 Å². The van der Waals surface area contributed by atoms with Crippen LogP contribution in [0, 0.1) is 0 Å². The van der Waals surface area contributed by atoms with Crippen LogP contribution in [-0.4, -0.2) is 14.5 Å². The van der Waals surface area contributed by atoms with Gasteiger partial charge >= 0.3 is 0 Å². The first kappa shape index (κ1) is 27.7. The van der Waals surface area contributed by atoms with Gasteiger partial charge in [-0.2, -0.15) is 0 Å². The quantitative estimate of drug-likeness (QED) is 0.177. The van der Waals surface area contributed by atoms with Crippen molar-refractivity contribution in [2.75, 3.05) is 0 Å². The predicted octanol–water partition coefficient (Wildman–Crippen LogP) is 12.9. The zero-order valence-electron chi connectivity index (χ0n) is 27.8. The van der Waals surface area contributed by atoms with Crippen molar-refractivity contribution in [3.8, 4) is 28.2 Å². The van der Waals surface area contributed by atoms with Crippen molar-refractivity contribution in [3.63, 3.8) is 0 Å². The molecule has 0 aliphatic heterocycles. The summed E-state index contributed by atoms with van der Waals surface area (Å²) in [7, 11) is 0. The standard InChI is InChI=1S/C48H27N3O/c1-3-17-32-28(12-1)14-10-23-37(32)46-45(49-47-38-21-7-8-25-41(38)52-48(47)50-46)30-15-9-16-31(26-30)51-39-24-11-22-36-34-19-5-6-20-35(34)42-33-18-4-2-13-29(33)27-40(51)44(42)43(36)39/h1-27H. The Morgan fingerprint density at radius 3 is 2.00 bits per heavy atom. The first-order valence-corrected chi connectivity index (χ1v) is 17.7. The molecular weight excluding hydrogens is 635 g/mol. The molecule has 240 valence electrons. The van der Waals surface area contributed by atoms with Gasteiger partial charge in [0.2, 0.25) is 5.71 Å². The monoisotopic (exact) mass is 661 g/mol. The molecule has 0 bridgehead atoms. The molecule has 3 heterocycles. The number of para-hydroxylation sites is 1. The van der Waals surface area contributed by atoms with Gasteiger partial charge in [0.1, 0.15) is 16.8 Å². The van der Waals surface area contributed by atoms with E-state index in [0.29, 0.717) is 5.71 Å². The minimum atomic E-state index is 0.538. The van der Waals surface area contributed by atoms with Crippen molar-refractivity contribution in [3.05, 3.63) is 164 Å². The molecule has 0 radical (unpaired) electrons. The van der Waals surface area contributed by atoms with Crippen molar-refractivity contribution in [2.45, 2.75) is 0 Å². The highest BCUT2D eigenvalue weighted by Gasteiger charge is 2.23. The van der Waals surface area contributed by atoms with Crippen molar-refractivity contribution in [1.29, 1.82) is 0 Å². The Morgan fingerprint density at radius 1 is 0.423 bits per heavy atom. The lowest BCUT2D eigenvalue weighted by Crippen LogP contribution is -1.98. The highest BCUT2D eigenvalue weighted by Crippen LogP contribution is 2.47. The summed E-state index contributed by atoms with van der Waals surface area (Å²) in [6.07, 6.45) is 0. The third kappa shape index (κ3) is 3.70. The largest absolute Gasteiger partial charge is 0.436 e. The van der Waals surface area contributed by atoms with Crippen molar-refractivity contribution < 1.29 is 4.42 Å². The number of furan rings is 1. The van der Waals surface area contributed by atoms with E-state index in [4.69, 9.17) is 14.4 Å². The average molecular weight is 662 g/mol. The molecule has 0 saturated heterocycles. The lowest BCUT2D eigenvalue weighted by Gasteiger charge is -2.14. The highest BCUT2D eigenvalue weighted by atomic mass is 16.3. The molecule has 0 fully saturated rings. The molecule has 0 atom stereocenters. The normalized spacial score (nSPS) is 12.2. The molecule has 4 nitrogen and oxygen atoms in total. The number of nitrogens with zero attached hydrogens (tertiary/aromatic N) is 3. The van der Waals surface area contributed by atoms with E-state index in [-0.39, 0.29) is 0 Å². The Balaban J connectivity index is 1.19. The van der Waals surface area contributed by atoms with Crippen LogP contribution in [0.5, 0.6) is 0 Å². The van der Waals surface area contributed by atoms with Crippen LogP contribution in [-0.2, 0) is 0 Å². The topological polar surface area (TPSA) is 43.9 Å². The summed E-state index contributed by atoms with van der Waals surface area (Å²) < 4.78 is 8.75. The third-order valence-electron chi connectivity index (χ3n) is 10.9. The molecule has 0 saturated carbocycles. The fourth-order valence-electron chi connectivity index (χ4n) is 8.73. The first-order chi connectivity index (χ1) is 25.8. The summed E-state index contributed by atoms with van der Waals surface area (Å²) in [4.78, 5) is 10.7. The van der Waals surface area contributed by atoms with E-state index in [9.17, 15) is 0 Å². The molecule has 0 aliphatic carbocycles. The second kappa shape index (κ2) is 10.3. The SMILES string of the molecule is c1cc(-c2nc3c(nc2-c2cccc4ccccc24)oc2ccccc23)cc(-n2c3cccc4c5ccccc5c5c6ccccc6cc2c5c43)c1. The summed E-state index contributed by atoms with van der Waals surface area (Å²) in [5.41, 5.74) is 9.17. The highest BCUT2D eigenvalue weighted by molar-refractivity contribution is 6.39. The molecule has 0 spiro atoms. The zero-order valence-corrected chi connectivity index (χ0v) is 27.8. The molecule has 52 heavy (non-hydrogen) atoms. The molecular formula is C48H27N3O. The minimum Gasteiger partial charge on any atom is -0.436 e. The molecule has 3 aromatic heterocycles. The van der Waals surface area contributed by atoms with Crippen LogP contribution >= 0.6 is 0 Å². The van der Waals surface area contributed by atoms with Crippen LogP contribution in [0.4, 0.5) is 0 Å². The van der Waals surface area contributed by atoms with Crippen molar-refractivity contribution in [1.82, 2.24) is 14.5 Å². The maximum absolute atomic E-state index is 6.31. The second-order valence-corrected chi connectivity index (χ2v) is 13.7. The molecule has 0 aliphatic rings. The van der Waals surface area contributed by atoms with E-state index in [0.717, 1.165) is 55.5 Å². The van der Waals surface area contributed by atoms with Gasteiger partial charge in [-0.1, -0.05) is 127 Å². The zero-order chi connectivity index (χ0) is 33.9. The molecule has 12 rings (SSSR count). The number of benzene rings is 9. The second-order valence-electron chi connectivity index (χ2n) is 13.7. The van der Waals surface area contributed by atoms with Gasteiger partial charge in [-0.15, -0.1) is 0 Å². The van der Waals surface area contributed by atoms with Gasteiger partial charge in [0.05, 0.1) is 16.7 Å². The summed E-state index contributed by atoms with van der Waals surface area (Å²) in [6.45, 7) is 0. The molecule has 0 unspecified atom stereocenters. The maximum Gasteiger partial charge on any atom is 0.246 e. The predicted molar refractivity (Wildman–Crippen MR) is 216 cm³/mol. The van der Waals surface area contributed by atoms with E-state index < -0.39 is 0 Å². The van der Waals surface area contributed by atoms with E-state index in [1.807, 2.05) is 18.2 Å². The number of hydrogen-bond acceptors (Lipinski definition) is 3. The van der Waals surface area contributed by atoms with Crippen LogP contribution in [0.2, 0.25) is 0 Å². The Labute approximate surface area is 297 Å². The number of aromatic nitrogens is 3.